The highest BCUT2D eigenvalue weighted by Gasteiger charge is 2.37. The van der Waals surface area contributed by atoms with E-state index in [1.165, 1.54) is 11.3 Å². The molecule has 1 aromatic heterocycles. The van der Waals surface area contributed by atoms with Gasteiger partial charge < -0.3 is 10.1 Å². The Hall–Kier alpha value is -0.870. The highest BCUT2D eigenvalue weighted by Crippen LogP contribution is 2.40. The molecule has 0 saturated heterocycles. The van der Waals surface area contributed by atoms with Gasteiger partial charge in [0.15, 0.2) is 0 Å². The van der Waals surface area contributed by atoms with E-state index in [4.69, 9.17) is 4.74 Å². The van der Waals surface area contributed by atoms with Crippen molar-refractivity contribution in [2.45, 2.75) is 33.1 Å². The second kappa shape index (κ2) is 5.85. The van der Waals surface area contributed by atoms with Crippen LogP contribution in [0, 0.1) is 12.3 Å². The zero-order valence-corrected chi connectivity index (χ0v) is 11.9. The van der Waals surface area contributed by atoms with Crippen molar-refractivity contribution in [2.75, 3.05) is 19.8 Å². The van der Waals surface area contributed by atoms with Gasteiger partial charge in [-0.3, -0.25) is 4.79 Å². The highest BCUT2D eigenvalue weighted by atomic mass is 32.1. The van der Waals surface area contributed by atoms with E-state index < -0.39 is 0 Å². The monoisotopic (exact) mass is 267 g/mol. The fourth-order valence-electron chi connectivity index (χ4n) is 2.30. The van der Waals surface area contributed by atoms with Crippen LogP contribution in [-0.4, -0.2) is 25.7 Å². The van der Waals surface area contributed by atoms with Gasteiger partial charge in [0, 0.05) is 28.8 Å². The van der Waals surface area contributed by atoms with E-state index in [0.717, 1.165) is 38.2 Å². The molecule has 0 unspecified atom stereocenters. The quantitative estimate of drug-likeness (QED) is 0.860. The van der Waals surface area contributed by atoms with Crippen LogP contribution in [0.15, 0.2) is 11.4 Å². The minimum Gasteiger partial charge on any atom is -0.381 e. The van der Waals surface area contributed by atoms with Crippen LogP contribution in [0.4, 0.5) is 0 Å². The first-order valence-corrected chi connectivity index (χ1v) is 7.44. The largest absolute Gasteiger partial charge is 0.381 e. The van der Waals surface area contributed by atoms with Gasteiger partial charge in [-0.15, -0.1) is 11.3 Å². The Morgan fingerprint density at radius 2 is 2.33 bits per heavy atom. The molecule has 0 aliphatic heterocycles. The van der Waals surface area contributed by atoms with Gasteiger partial charge in [0.25, 0.3) is 5.91 Å². The topological polar surface area (TPSA) is 38.3 Å². The molecular weight excluding hydrogens is 246 g/mol. The van der Waals surface area contributed by atoms with Crippen molar-refractivity contribution in [1.29, 1.82) is 0 Å². The average molecular weight is 267 g/mol. The van der Waals surface area contributed by atoms with Gasteiger partial charge in [-0.05, 0) is 32.8 Å². The van der Waals surface area contributed by atoms with E-state index in [2.05, 4.69) is 5.32 Å². The third-order valence-electron chi connectivity index (χ3n) is 3.64. The molecule has 18 heavy (non-hydrogen) atoms. The Morgan fingerprint density at radius 3 is 2.83 bits per heavy atom. The van der Waals surface area contributed by atoms with Crippen molar-refractivity contribution in [2.24, 2.45) is 5.41 Å². The summed E-state index contributed by atoms with van der Waals surface area (Å²) in [6.45, 7) is 6.29. The number of nitrogens with one attached hydrogen (secondary N) is 1. The number of ether oxygens (including phenoxy) is 1. The van der Waals surface area contributed by atoms with Crippen molar-refractivity contribution in [1.82, 2.24) is 5.32 Å². The molecule has 100 valence electrons. The molecule has 2 rings (SSSR count). The molecule has 0 spiro atoms. The lowest BCUT2D eigenvalue weighted by Crippen LogP contribution is -2.45. The maximum absolute atomic E-state index is 12.0. The lowest BCUT2D eigenvalue weighted by atomic mass is 9.69. The third kappa shape index (κ3) is 3.12. The van der Waals surface area contributed by atoms with Crippen molar-refractivity contribution in [3.63, 3.8) is 0 Å². The van der Waals surface area contributed by atoms with Gasteiger partial charge >= 0.3 is 0 Å². The molecule has 1 heterocycles. The minimum atomic E-state index is 0.0436. The third-order valence-corrected chi connectivity index (χ3v) is 4.50. The molecule has 0 bridgehead atoms. The maximum Gasteiger partial charge on any atom is 0.252 e. The zero-order chi connectivity index (χ0) is 13.0. The first kappa shape index (κ1) is 13.6. The number of carbonyl (C=O) groups excluding carboxylic acids is 1. The molecule has 1 aliphatic carbocycles. The van der Waals surface area contributed by atoms with Crippen LogP contribution in [0.3, 0.4) is 0 Å². The summed E-state index contributed by atoms with van der Waals surface area (Å²) >= 11 is 1.61. The molecule has 1 fully saturated rings. The number of rotatable bonds is 6. The molecule has 1 aliphatic rings. The Morgan fingerprint density at radius 1 is 1.56 bits per heavy atom. The van der Waals surface area contributed by atoms with Gasteiger partial charge in [0.2, 0.25) is 0 Å². The summed E-state index contributed by atoms with van der Waals surface area (Å²) in [5.74, 6) is 0.0436. The second-order valence-electron chi connectivity index (χ2n) is 5.12. The number of amides is 1. The van der Waals surface area contributed by atoms with Crippen LogP contribution in [0.2, 0.25) is 0 Å². The van der Waals surface area contributed by atoms with E-state index in [1.807, 2.05) is 25.3 Å². The Kier molecular flexibility index (Phi) is 4.40. The smallest absolute Gasteiger partial charge is 0.252 e. The lowest BCUT2D eigenvalue weighted by molar-refractivity contribution is -0.000179. The van der Waals surface area contributed by atoms with Gasteiger partial charge in [-0.25, -0.2) is 0 Å². The minimum absolute atomic E-state index is 0.0436. The first-order chi connectivity index (χ1) is 8.65. The van der Waals surface area contributed by atoms with Crippen LogP contribution in [0.25, 0.3) is 0 Å². The lowest BCUT2D eigenvalue weighted by Gasteiger charge is -2.41. The predicted molar refractivity (Wildman–Crippen MR) is 74.2 cm³/mol. The van der Waals surface area contributed by atoms with Gasteiger partial charge in [-0.1, -0.05) is 6.42 Å². The number of carbonyl (C=O) groups is 1. The Bertz CT molecular complexity index is 410. The van der Waals surface area contributed by atoms with Gasteiger partial charge in [0.1, 0.15) is 0 Å². The van der Waals surface area contributed by atoms with Gasteiger partial charge in [0.05, 0.1) is 12.2 Å². The summed E-state index contributed by atoms with van der Waals surface area (Å²) < 4.78 is 5.53. The average Bonchev–Trinajstić information content (AvgIpc) is 2.74. The van der Waals surface area contributed by atoms with E-state index in [0.29, 0.717) is 0 Å². The van der Waals surface area contributed by atoms with Crippen LogP contribution < -0.4 is 5.32 Å². The molecule has 1 N–H and O–H groups in total. The number of hydrogen-bond acceptors (Lipinski definition) is 3. The fourth-order valence-corrected chi connectivity index (χ4v) is 2.98. The van der Waals surface area contributed by atoms with Crippen LogP contribution in [-0.2, 0) is 4.74 Å². The van der Waals surface area contributed by atoms with Gasteiger partial charge in [-0.2, -0.15) is 0 Å². The van der Waals surface area contributed by atoms with Crippen molar-refractivity contribution in [3.05, 3.63) is 21.9 Å². The van der Waals surface area contributed by atoms with E-state index in [1.54, 1.807) is 11.3 Å². The van der Waals surface area contributed by atoms with Crippen LogP contribution in [0.1, 0.15) is 41.4 Å². The fraction of sp³-hybridized carbons (Fsp3) is 0.643. The zero-order valence-electron chi connectivity index (χ0n) is 11.1. The Balaban J connectivity index is 1.84. The number of hydrogen-bond donors (Lipinski definition) is 1. The summed E-state index contributed by atoms with van der Waals surface area (Å²) in [4.78, 5) is 13.1. The normalized spacial score (nSPS) is 17.2. The number of thiophene rings is 1. The van der Waals surface area contributed by atoms with E-state index in [9.17, 15) is 4.79 Å². The SMILES string of the molecule is CCOCC1(CNC(=O)c2csc(C)c2)CCC1. The summed E-state index contributed by atoms with van der Waals surface area (Å²) in [7, 11) is 0. The number of aryl methyl sites for hydroxylation is 1. The molecule has 4 heteroatoms. The molecule has 0 radical (unpaired) electrons. The summed E-state index contributed by atoms with van der Waals surface area (Å²) in [6.07, 6.45) is 3.58. The summed E-state index contributed by atoms with van der Waals surface area (Å²) in [5.41, 5.74) is 0.972. The summed E-state index contributed by atoms with van der Waals surface area (Å²) in [6, 6.07) is 1.94. The molecule has 3 nitrogen and oxygen atoms in total. The van der Waals surface area contributed by atoms with Crippen molar-refractivity contribution < 1.29 is 9.53 Å². The second-order valence-corrected chi connectivity index (χ2v) is 6.23. The molecule has 1 aromatic rings. The highest BCUT2D eigenvalue weighted by molar-refractivity contribution is 7.10. The molecule has 1 amide bonds. The predicted octanol–water partition coefficient (Wildman–Crippen LogP) is 2.99. The van der Waals surface area contributed by atoms with E-state index in [-0.39, 0.29) is 11.3 Å². The molecular formula is C14H21NO2S. The van der Waals surface area contributed by atoms with Crippen LogP contribution in [0.5, 0.6) is 0 Å². The molecule has 0 aromatic carbocycles. The van der Waals surface area contributed by atoms with Crippen molar-refractivity contribution >= 4 is 17.2 Å². The van der Waals surface area contributed by atoms with E-state index >= 15 is 0 Å². The molecule has 1 saturated carbocycles. The first-order valence-electron chi connectivity index (χ1n) is 6.56. The van der Waals surface area contributed by atoms with Crippen LogP contribution >= 0.6 is 11.3 Å². The maximum atomic E-state index is 12.0. The Labute approximate surface area is 113 Å². The standard InChI is InChI=1S/C14H21NO2S/c1-3-17-10-14(5-4-6-14)9-15-13(16)12-7-11(2)18-8-12/h7-8H,3-6,9-10H2,1-2H3,(H,15,16). The molecule has 0 atom stereocenters. The summed E-state index contributed by atoms with van der Waals surface area (Å²) in [5, 5.41) is 4.97. The van der Waals surface area contributed by atoms with Crippen molar-refractivity contribution in [3.8, 4) is 0 Å².